The highest BCUT2D eigenvalue weighted by atomic mass is 79.9. The maximum Gasteiger partial charge on any atom is 0.232 e. The Bertz CT molecular complexity index is 756. The highest BCUT2D eigenvalue weighted by Crippen LogP contribution is 2.27. The molecule has 3 rings (SSSR count). The lowest BCUT2D eigenvalue weighted by atomic mass is 9.97. The van der Waals surface area contributed by atoms with Gasteiger partial charge in [-0.2, -0.15) is 5.26 Å². The lowest BCUT2D eigenvalue weighted by Crippen LogP contribution is -2.36. The Hall–Kier alpha value is -1.84. The summed E-state index contributed by atoms with van der Waals surface area (Å²) in [4.78, 5) is 10.7. The van der Waals surface area contributed by atoms with Gasteiger partial charge in [0.25, 0.3) is 0 Å². The van der Waals surface area contributed by atoms with Gasteiger partial charge in [-0.15, -0.1) is 0 Å². The fourth-order valence-electron chi connectivity index (χ4n) is 2.75. The number of hydrogen-bond donors (Lipinski definition) is 0. The third-order valence-electron chi connectivity index (χ3n) is 4.05. The van der Waals surface area contributed by atoms with Crippen molar-refractivity contribution in [3.8, 4) is 11.9 Å². The van der Waals surface area contributed by atoms with E-state index < -0.39 is 0 Å². The second-order valence-corrected chi connectivity index (χ2v) is 6.99. The van der Waals surface area contributed by atoms with Crippen molar-refractivity contribution < 1.29 is 4.74 Å². The molecule has 1 aliphatic rings. The number of pyridine rings is 2. The van der Waals surface area contributed by atoms with E-state index in [4.69, 9.17) is 16.3 Å². The fraction of sp³-hybridized carbons (Fsp3) is 0.353. The maximum absolute atomic E-state index is 9.28. The predicted molar refractivity (Wildman–Crippen MR) is 96.3 cm³/mol. The molecule has 5 nitrogen and oxygen atoms in total. The van der Waals surface area contributed by atoms with Crippen molar-refractivity contribution in [1.82, 2.24) is 9.97 Å². The topological polar surface area (TPSA) is 62.0 Å². The first-order valence-electron chi connectivity index (χ1n) is 7.71. The molecule has 0 N–H and O–H groups in total. The summed E-state index contributed by atoms with van der Waals surface area (Å²) < 4.78 is 6.56. The van der Waals surface area contributed by atoms with Crippen molar-refractivity contribution in [2.45, 2.75) is 12.8 Å². The molecule has 0 saturated carbocycles. The van der Waals surface area contributed by atoms with Crippen molar-refractivity contribution in [2.24, 2.45) is 5.92 Å². The molecule has 0 atom stereocenters. The van der Waals surface area contributed by atoms with Gasteiger partial charge in [0.15, 0.2) is 0 Å². The van der Waals surface area contributed by atoms with E-state index in [1.54, 1.807) is 30.6 Å². The molecule has 3 heterocycles. The predicted octanol–water partition coefficient (Wildman–Crippen LogP) is 4.06. The molecule has 24 heavy (non-hydrogen) atoms. The minimum absolute atomic E-state index is 0.445. The number of aromatic nitrogens is 2. The normalized spacial score (nSPS) is 15.1. The van der Waals surface area contributed by atoms with E-state index in [1.165, 1.54) is 0 Å². The first kappa shape index (κ1) is 17.0. The van der Waals surface area contributed by atoms with Crippen LogP contribution in [0.1, 0.15) is 18.4 Å². The molecule has 0 aliphatic carbocycles. The SMILES string of the molecule is N#Cc1cc(Br)cnc1N1CCC(COc2ncccc2Cl)CC1. The van der Waals surface area contributed by atoms with Crippen LogP contribution in [-0.2, 0) is 0 Å². The molecule has 7 heteroatoms. The number of nitrogens with zero attached hydrogens (tertiary/aromatic N) is 4. The molecule has 0 spiro atoms. The van der Waals surface area contributed by atoms with E-state index in [-0.39, 0.29) is 0 Å². The number of rotatable bonds is 4. The molecule has 0 bridgehead atoms. The van der Waals surface area contributed by atoms with E-state index in [9.17, 15) is 5.26 Å². The highest BCUT2D eigenvalue weighted by molar-refractivity contribution is 9.10. The van der Waals surface area contributed by atoms with Gasteiger partial charge in [0.1, 0.15) is 16.9 Å². The third-order valence-corrected chi connectivity index (χ3v) is 4.77. The third kappa shape index (κ3) is 3.97. The fourth-order valence-corrected chi connectivity index (χ4v) is 3.26. The van der Waals surface area contributed by atoms with Gasteiger partial charge < -0.3 is 9.64 Å². The van der Waals surface area contributed by atoms with Crippen LogP contribution in [0.25, 0.3) is 0 Å². The van der Waals surface area contributed by atoms with Crippen LogP contribution in [0.15, 0.2) is 35.1 Å². The van der Waals surface area contributed by atoms with Gasteiger partial charge in [0.05, 0.1) is 12.2 Å². The molecule has 1 fully saturated rings. The Morgan fingerprint density at radius 2 is 2.17 bits per heavy atom. The van der Waals surface area contributed by atoms with Crippen LogP contribution in [-0.4, -0.2) is 29.7 Å². The first-order chi connectivity index (χ1) is 11.7. The lowest BCUT2D eigenvalue weighted by molar-refractivity contribution is 0.216. The number of anilines is 1. The van der Waals surface area contributed by atoms with Crippen molar-refractivity contribution in [3.63, 3.8) is 0 Å². The van der Waals surface area contributed by atoms with Gasteiger partial charge in [0.2, 0.25) is 5.88 Å². The summed E-state index contributed by atoms with van der Waals surface area (Å²) in [6, 6.07) is 7.58. The Morgan fingerprint density at radius 3 is 2.88 bits per heavy atom. The van der Waals surface area contributed by atoms with E-state index in [1.807, 2.05) is 0 Å². The number of ether oxygens (including phenoxy) is 1. The number of piperidine rings is 1. The molecule has 1 saturated heterocycles. The summed E-state index contributed by atoms with van der Waals surface area (Å²) in [7, 11) is 0. The first-order valence-corrected chi connectivity index (χ1v) is 8.88. The van der Waals surface area contributed by atoms with Gasteiger partial charge in [-0.05, 0) is 52.9 Å². The van der Waals surface area contributed by atoms with Crippen LogP contribution >= 0.6 is 27.5 Å². The zero-order chi connectivity index (χ0) is 16.9. The molecule has 2 aromatic heterocycles. The quantitative estimate of drug-likeness (QED) is 0.765. The molecule has 0 radical (unpaired) electrons. The van der Waals surface area contributed by atoms with Gasteiger partial charge in [-0.1, -0.05) is 11.6 Å². The van der Waals surface area contributed by atoms with Crippen LogP contribution in [0.4, 0.5) is 5.82 Å². The number of hydrogen-bond acceptors (Lipinski definition) is 5. The van der Waals surface area contributed by atoms with E-state index in [0.29, 0.717) is 29.0 Å². The average molecular weight is 408 g/mol. The van der Waals surface area contributed by atoms with Crippen molar-refractivity contribution in [1.29, 1.82) is 5.26 Å². The lowest BCUT2D eigenvalue weighted by Gasteiger charge is -2.33. The second-order valence-electron chi connectivity index (χ2n) is 5.67. The van der Waals surface area contributed by atoms with E-state index in [2.05, 4.69) is 36.9 Å². The summed E-state index contributed by atoms with van der Waals surface area (Å²) in [5.41, 5.74) is 0.597. The molecule has 0 amide bonds. The van der Waals surface area contributed by atoms with Crippen LogP contribution in [0.2, 0.25) is 5.02 Å². The monoisotopic (exact) mass is 406 g/mol. The Labute approximate surface area is 154 Å². The Balaban J connectivity index is 1.57. The number of halogens is 2. The zero-order valence-corrected chi connectivity index (χ0v) is 15.3. The summed E-state index contributed by atoms with van der Waals surface area (Å²) >= 11 is 9.41. The minimum atomic E-state index is 0.445. The Kier molecular flexibility index (Phi) is 5.54. The Morgan fingerprint density at radius 1 is 1.38 bits per heavy atom. The van der Waals surface area contributed by atoms with Crippen LogP contribution < -0.4 is 9.64 Å². The minimum Gasteiger partial charge on any atom is -0.476 e. The average Bonchev–Trinajstić information content (AvgIpc) is 2.61. The smallest absolute Gasteiger partial charge is 0.232 e. The summed E-state index contributed by atoms with van der Waals surface area (Å²) in [6.07, 6.45) is 5.36. The number of nitriles is 1. The molecule has 0 unspecified atom stereocenters. The largest absolute Gasteiger partial charge is 0.476 e. The highest BCUT2D eigenvalue weighted by Gasteiger charge is 2.23. The van der Waals surface area contributed by atoms with Gasteiger partial charge in [-0.3, -0.25) is 0 Å². The van der Waals surface area contributed by atoms with Crippen LogP contribution in [0, 0.1) is 17.2 Å². The van der Waals surface area contributed by atoms with Crippen molar-refractivity contribution in [3.05, 3.63) is 45.7 Å². The molecule has 0 aromatic carbocycles. The maximum atomic E-state index is 9.28. The van der Waals surface area contributed by atoms with E-state index >= 15 is 0 Å². The van der Waals surface area contributed by atoms with Crippen molar-refractivity contribution in [2.75, 3.05) is 24.6 Å². The second kappa shape index (κ2) is 7.82. The molecular weight excluding hydrogens is 392 g/mol. The molecule has 124 valence electrons. The summed E-state index contributed by atoms with van der Waals surface area (Å²) in [5.74, 6) is 1.69. The summed E-state index contributed by atoms with van der Waals surface area (Å²) in [5, 5.41) is 9.82. The van der Waals surface area contributed by atoms with Gasteiger partial charge in [0, 0.05) is 30.0 Å². The van der Waals surface area contributed by atoms with Crippen molar-refractivity contribution >= 4 is 33.3 Å². The molecule has 1 aliphatic heterocycles. The summed E-state index contributed by atoms with van der Waals surface area (Å²) in [6.45, 7) is 2.31. The zero-order valence-electron chi connectivity index (χ0n) is 13.0. The van der Waals surface area contributed by atoms with E-state index in [0.717, 1.165) is 36.2 Å². The van der Waals surface area contributed by atoms with Gasteiger partial charge >= 0.3 is 0 Å². The van der Waals surface area contributed by atoms with Gasteiger partial charge in [-0.25, -0.2) is 9.97 Å². The molecule has 2 aromatic rings. The standard InChI is InChI=1S/C17H16BrClN4O/c18-14-8-13(9-20)16(22-10-14)23-6-3-12(4-7-23)11-24-17-15(19)2-1-5-21-17/h1-2,5,8,10,12H,3-4,6-7,11H2. The molecular formula is C17H16BrClN4O. The van der Waals surface area contributed by atoms with Crippen LogP contribution in [0.3, 0.4) is 0 Å². The van der Waals surface area contributed by atoms with Crippen LogP contribution in [0.5, 0.6) is 5.88 Å².